The fourth-order valence-corrected chi connectivity index (χ4v) is 2.95. The molecule has 1 aliphatic heterocycles. The van der Waals surface area contributed by atoms with E-state index in [0.717, 1.165) is 55.0 Å². The van der Waals surface area contributed by atoms with E-state index in [-0.39, 0.29) is 0 Å². The Bertz CT molecular complexity index is 866. The number of nitrogens with zero attached hydrogens (tertiary/aromatic N) is 8. The van der Waals surface area contributed by atoms with Gasteiger partial charge in [0.2, 0.25) is 0 Å². The maximum Gasteiger partial charge on any atom is 0.158 e. The van der Waals surface area contributed by atoms with Crippen molar-refractivity contribution in [2.24, 2.45) is 0 Å². The van der Waals surface area contributed by atoms with Crippen LogP contribution in [-0.4, -0.2) is 55.9 Å². The SMILES string of the molecule is Cc1cncc(N2CCN(c3cc(-n4ccc(C)n4)ncn3)CC2)n1. The molecule has 0 bridgehead atoms. The van der Waals surface area contributed by atoms with Gasteiger partial charge in [-0.25, -0.2) is 19.6 Å². The van der Waals surface area contributed by atoms with Crippen LogP contribution in [0.2, 0.25) is 0 Å². The van der Waals surface area contributed by atoms with E-state index in [4.69, 9.17) is 0 Å². The Hall–Kier alpha value is -3.03. The largest absolute Gasteiger partial charge is 0.353 e. The first-order valence-electron chi connectivity index (χ1n) is 8.32. The molecular formula is C17H20N8. The molecule has 8 heteroatoms. The van der Waals surface area contributed by atoms with Gasteiger partial charge in [-0.15, -0.1) is 0 Å². The van der Waals surface area contributed by atoms with Gasteiger partial charge in [-0.05, 0) is 19.9 Å². The molecule has 0 atom stereocenters. The second-order valence-corrected chi connectivity index (χ2v) is 6.13. The van der Waals surface area contributed by atoms with Gasteiger partial charge >= 0.3 is 0 Å². The highest BCUT2D eigenvalue weighted by Crippen LogP contribution is 2.18. The maximum atomic E-state index is 4.56. The Kier molecular flexibility index (Phi) is 4.01. The van der Waals surface area contributed by atoms with Gasteiger partial charge < -0.3 is 9.80 Å². The average molecular weight is 336 g/mol. The van der Waals surface area contributed by atoms with E-state index in [1.54, 1.807) is 17.2 Å². The summed E-state index contributed by atoms with van der Waals surface area (Å²) < 4.78 is 1.78. The zero-order valence-corrected chi connectivity index (χ0v) is 14.4. The lowest BCUT2D eigenvalue weighted by molar-refractivity contribution is 0.638. The van der Waals surface area contributed by atoms with Gasteiger partial charge in [-0.2, -0.15) is 5.10 Å². The van der Waals surface area contributed by atoms with Crippen molar-refractivity contribution in [3.8, 4) is 5.82 Å². The topological polar surface area (TPSA) is 75.9 Å². The molecule has 0 spiro atoms. The monoisotopic (exact) mass is 336 g/mol. The van der Waals surface area contributed by atoms with E-state index >= 15 is 0 Å². The summed E-state index contributed by atoms with van der Waals surface area (Å²) in [4.78, 5) is 22.1. The van der Waals surface area contributed by atoms with Gasteiger partial charge in [0.25, 0.3) is 0 Å². The lowest BCUT2D eigenvalue weighted by Crippen LogP contribution is -2.47. The van der Waals surface area contributed by atoms with Crippen LogP contribution >= 0.6 is 0 Å². The zero-order chi connectivity index (χ0) is 17.2. The summed E-state index contributed by atoms with van der Waals surface area (Å²) in [6.07, 6.45) is 7.11. The first-order chi connectivity index (χ1) is 12.2. The van der Waals surface area contributed by atoms with E-state index in [0.29, 0.717) is 0 Å². The second-order valence-electron chi connectivity index (χ2n) is 6.13. The van der Waals surface area contributed by atoms with Gasteiger partial charge in [0, 0.05) is 44.6 Å². The Morgan fingerprint density at radius 1 is 0.840 bits per heavy atom. The van der Waals surface area contributed by atoms with Gasteiger partial charge in [0.15, 0.2) is 5.82 Å². The predicted molar refractivity (Wildman–Crippen MR) is 95.1 cm³/mol. The molecule has 0 saturated carbocycles. The van der Waals surface area contributed by atoms with E-state index in [9.17, 15) is 0 Å². The van der Waals surface area contributed by atoms with Crippen molar-refractivity contribution in [3.05, 3.63) is 48.4 Å². The summed E-state index contributed by atoms with van der Waals surface area (Å²) in [6, 6.07) is 3.94. The van der Waals surface area contributed by atoms with Crippen molar-refractivity contribution in [2.75, 3.05) is 36.0 Å². The minimum Gasteiger partial charge on any atom is -0.353 e. The number of rotatable bonds is 3. The molecule has 0 aliphatic carbocycles. The van der Waals surface area contributed by atoms with Gasteiger partial charge in [-0.1, -0.05) is 0 Å². The average Bonchev–Trinajstić information content (AvgIpc) is 3.08. The summed E-state index contributed by atoms with van der Waals surface area (Å²) in [7, 11) is 0. The number of piperazine rings is 1. The van der Waals surface area contributed by atoms with Crippen LogP contribution < -0.4 is 9.80 Å². The van der Waals surface area contributed by atoms with Crippen LogP contribution in [-0.2, 0) is 0 Å². The minimum atomic E-state index is 0.782. The first-order valence-corrected chi connectivity index (χ1v) is 8.32. The lowest BCUT2D eigenvalue weighted by atomic mass is 10.3. The molecule has 0 unspecified atom stereocenters. The molecular weight excluding hydrogens is 316 g/mol. The van der Waals surface area contributed by atoms with Crippen molar-refractivity contribution >= 4 is 11.6 Å². The molecule has 128 valence electrons. The summed E-state index contributed by atoms with van der Waals surface area (Å²) in [5, 5.41) is 4.41. The fraction of sp³-hybridized carbons (Fsp3) is 0.353. The zero-order valence-electron chi connectivity index (χ0n) is 14.4. The first kappa shape index (κ1) is 15.5. The van der Waals surface area contributed by atoms with Crippen LogP contribution in [0.4, 0.5) is 11.6 Å². The van der Waals surface area contributed by atoms with Gasteiger partial charge in [0.05, 0.1) is 17.6 Å². The molecule has 3 aromatic heterocycles. The molecule has 0 aromatic carbocycles. The summed E-state index contributed by atoms with van der Waals surface area (Å²) in [6.45, 7) is 7.46. The normalized spacial score (nSPS) is 14.8. The fourth-order valence-electron chi connectivity index (χ4n) is 2.95. The van der Waals surface area contributed by atoms with Crippen LogP contribution in [0.1, 0.15) is 11.4 Å². The second kappa shape index (κ2) is 6.46. The van der Waals surface area contributed by atoms with Crippen molar-refractivity contribution in [2.45, 2.75) is 13.8 Å². The van der Waals surface area contributed by atoms with Crippen LogP contribution in [0.3, 0.4) is 0 Å². The van der Waals surface area contributed by atoms with Gasteiger partial charge in [0.1, 0.15) is 18.0 Å². The molecule has 4 rings (SSSR count). The highest BCUT2D eigenvalue weighted by Gasteiger charge is 2.20. The number of anilines is 2. The smallest absolute Gasteiger partial charge is 0.158 e. The predicted octanol–water partition coefficient (Wildman–Crippen LogP) is 1.40. The summed E-state index contributed by atoms with van der Waals surface area (Å²) >= 11 is 0. The summed E-state index contributed by atoms with van der Waals surface area (Å²) in [5.74, 6) is 2.65. The molecule has 1 saturated heterocycles. The lowest BCUT2D eigenvalue weighted by Gasteiger charge is -2.35. The Morgan fingerprint density at radius 2 is 1.56 bits per heavy atom. The van der Waals surface area contributed by atoms with Crippen LogP contribution in [0.25, 0.3) is 5.82 Å². The van der Waals surface area contributed by atoms with E-state index in [2.05, 4.69) is 34.8 Å². The molecule has 0 N–H and O–H groups in total. The van der Waals surface area contributed by atoms with Crippen LogP contribution in [0, 0.1) is 13.8 Å². The minimum absolute atomic E-state index is 0.782. The molecule has 4 heterocycles. The number of aromatic nitrogens is 6. The highest BCUT2D eigenvalue weighted by atomic mass is 15.3. The van der Waals surface area contributed by atoms with Crippen LogP contribution in [0.15, 0.2) is 37.1 Å². The third kappa shape index (κ3) is 3.28. The molecule has 3 aromatic rings. The number of hydrogen-bond donors (Lipinski definition) is 0. The highest BCUT2D eigenvalue weighted by molar-refractivity contribution is 5.46. The third-order valence-electron chi connectivity index (χ3n) is 4.27. The third-order valence-corrected chi connectivity index (χ3v) is 4.27. The standard InChI is InChI=1S/C17H20N8/c1-13-3-4-25(22-13)16-9-15(19-12-20-16)23-5-7-24(8-6-23)17-11-18-10-14(2)21-17/h3-4,9-12H,5-8H2,1-2H3. The molecule has 25 heavy (non-hydrogen) atoms. The number of hydrogen-bond acceptors (Lipinski definition) is 7. The van der Waals surface area contributed by atoms with E-state index < -0.39 is 0 Å². The molecule has 1 aliphatic rings. The van der Waals surface area contributed by atoms with Crippen molar-refractivity contribution < 1.29 is 0 Å². The van der Waals surface area contributed by atoms with Gasteiger partial charge in [-0.3, -0.25) is 4.98 Å². The van der Waals surface area contributed by atoms with Crippen molar-refractivity contribution in [1.82, 2.24) is 29.7 Å². The Morgan fingerprint density at radius 3 is 2.24 bits per heavy atom. The molecule has 1 fully saturated rings. The molecule has 8 nitrogen and oxygen atoms in total. The Labute approximate surface area is 146 Å². The maximum absolute atomic E-state index is 4.56. The number of aryl methyl sites for hydroxylation is 2. The van der Waals surface area contributed by atoms with Crippen molar-refractivity contribution in [1.29, 1.82) is 0 Å². The summed E-state index contributed by atoms with van der Waals surface area (Å²) in [5.41, 5.74) is 1.91. The Balaban J connectivity index is 1.47. The van der Waals surface area contributed by atoms with E-state index in [1.807, 2.05) is 38.4 Å². The van der Waals surface area contributed by atoms with Crippen LogP contribution in [0.5, 0.6) is 0 Å². The molecule has 0 radical (unpaired) electrons. The van der Waals surface area contributed by atoms with E-state index in [1.165, 1.54) is 0 Å². The van der Waals surface area contributed by atoms with Crippen molar-refractivity contribution in [3.63, 3.8) is 0 Å². The quantitative estimate of drug-likeness (QED) is 0.715. The molecule has 0 amide bonds.